The lowest BCUT2D eigenvalue weighted by atomic mass is 10.2. The van der Waals surface area contributed by atoms with Gasteiger partial charge in [0.2, 0.25) is 5.91 Å². The molecule has 8 nitrogen and oxygen atoms in total. The molecule has 86 valence electrons. The SMILES string of the molecule is O=C[C@H](CC(=O)O)NC(=O)CP(=O)(O)O. The number of carboxylic acids is 1. The van der Waals surface area contributed by atoms with Crippen LogP contribution < -0.4 is 5.32 Å². The Labute approximate surface area is 84.4 Å². The fourth-order valence-electron chi connectivity index (χ4n) is 0.761. The maximum atomic E-state index is 10.9. The Morgan fingerprint density at radius 1 is 1.40 bits per heavy atom. The third-order valence-electron chi connectivity index (χ3n) is 1.25. The highest BCUT2D eigenvalue weighted by atomic mass is 31.2. The van der Waals surface area contributed by atoms with Gasteiger partial charge in [-0.15, -0.1) is 0 Å². The average molecular weight is 239 g/mol. The summed E-state index contributed by atoms with van der Waals surface area (Å²) in [5.41, 5.74) is 0. The highest BCUT2D eigenvalue weighted by Gasteiger charge is 2.22. The van der Waals surface area contributed by atoms with Crippen LogP contribution in [0.25, 0.3) is 0 Å². The quantitative estimate of drug-likeness (QED) is 0.320. The molecule has 0 rings (SSSR count). The molecule has 0 saturated carbocycles. The van der Waals surface area contributed by atoms with Crippen LogP contribution in [0.1, 0.15) is 6.42 Å². The number of hydrogen-bond acceptors (Lipinski definition) is 4. The van der Waals surface area contributed by atoms with Crippen LogP contribution in [0.4, 0.5) is 0 Å². The standard InChI is InChI=1S/C6H10NO7P/c8-2-4(1-6(10)11)7-5(9)3-15(12,13)14/h2,4H,1,3H2,(H,7,9)(H,10,11)(H2,12,13,14)/t4-/m0/s1. The van der Waals surface area contributed by atoms with E-state index in [1.807, 2.05) is 5.32 Å². The van der Waals surface area contributed by atoms with Crippen LogP contribution in [-0.2, 0) is 18.9 Å². The minimum atomic E-state index is -4.50. The van der Waals surface area contributed by atoms with Gasteiger partial charge in [-0.2, -0.15) is 0 Å². The van der Waals surface area contributed by atoms with E-state index in [1.54, 1.807) is 0 Å². The molecule has 0 unspecified atom stereocenters. The molecule has 0 aromatic rings. The van der Waals surface area contributed by atoms with Crippen LogP contribution in [0.5, 0.6) is 0 Å². The Kier molecular flexibility index (Phi) is 5.13. The molecule has 0 saturated heterocycles. The number of hydrogen-bond donors (Lipinski definition) is 4. The van der Waals surface area contributed by atoms with Crippen LogP contribution in [0.3, 0.4) is 0 Å². The molecule has 0 aromatic heterocycles. The van der Waals surface area contributed by atoms with Crippen LogP contribution in [-0.4, -0.2) is 45.3 Å². The lowest BCUT2D eigenvalue weighted by Crippen LogP contribution is -2.39. The predicted octanol–water partition coefficient (Wildman–Crippen LogP) is -1.68. The summed E-state index contributed by atoms with van der Waals surface area (Å²) in [5, 5.41) is 10.2. The maximum Gasteiger partial charge on any atom is 0.334 e. The average Bonchev–Trinajstić information content (AvgIpc) is 1.98. The number of amides is 1. The van der Waals surface area contributed by atoms with E-state index in [1.165, 1.54) is 0 Å². The first kappa shape index (κ1) is 13.8. The van der Waals surface area contributed by atoms with Gasteiger partial charge in [0.05, 0.1) is 12.5 Å². The number of carbonyl (C=O) groups excluding carboxylic acids is 2. The molecule has 0 aliphatic heterocycles. The second-order valence-electron chi connectivity index (χ2n) is 2.73. The fourth-order valence-corrected chi connectivity index (χ4v) is 1.23. The van der Waals surface area contributed by atoms with Gasteiger partial charge in [0.1, 0.15) is 12.4 Å². The molecule has 0 spiro atoms. The first-order valence-corrected chi connectivity index (χ1v) is 5.55. The summed E-state index contributed by atoms with van der Waals surface area (Å²) >= 11 is 0. The third-order valence-corrected chi connectivity index (χ3v) is 1.95. The number of rotatable bonds is 6. The molecule has 0 radical (unpaired) electrons. The summed E-state index contributed by atoms with van der Waals surface area (Å²) < 4.78 is 10.4. The van der Waals surface area contributed by atoms with Crippen molar-refractivity contribution in [3.8, 4) is 0 Å². The van der Waals surface area contributed by atoms with E-state index in [4.69, 9.17) is 14.9 Å². The normalized spacial score (nSPS) is 12.9. The molecule has 0 aliphatic carbocycles. The molecule has 1 amide bonds. The van der Waals surface area contributed by atoms with Gasteiger partial charge in [-0.25, -0.2) is 0 Å². The minimum absolute atomic E-state index is 0.186. The summed E-state index contributed by atoms with van der Waals surface area (Å²) in [5.74, 6) is -2.37. The zero-order chi connectivity index (χ0) is 12.1. The van der Waals surface area contributed by atoms with Crippen molar-refractivity contribution in [2.24, 2.45) is 0 Å². The van der Waals surface area contributed by atoms with Gasteiger partial charge in [0.15, 0.2) is 0 Å². The van der Waals surface area contributed by atoms with Crippen molar-refractivity contribution in [3.05, 3.63) is 0 Å². The van der Waals surface area contributed by atoms with Crippen molar-refractivity contribution in [2.75, 3.05) is 6.16 Å². The molecule has 0 fully saturated rings. The molecule has 0 aliphatic rings. The van der Waals surface area contributed by atoms with Crippen LogP contribution in [0.15, 0.2) is 0 Å². The number of nitrogens with one attached hydrogen (secondary N) is 1. The van der Waals surface area contributed by atoms with Crippen LogP contribution >= 0.6 is 7.60 Å². The van der Waals surface area contributed by atoms with Crippen molar-refractivity contribution in [1.29, 1.82) is 0 Å². The molecule has 0 bridgehead atoms. The highest BCUT2D eigenvalue weighted by molar-refractivity contribution is 7.52. The van der Waals surface area contributed by atoms with E-state index in [0.29, 0.717) is 0 Å². The molecule has 9 heteroatoms. The van der Waals surface area contributed by atoms with Crippen molar-refractivity contribution < 1.29 is 33.8 Å². The summed E-state index contributed by atoms with van der Waals surface area (Å²) in [4.78, 5) is 48.1. The molecular formula is C6H10NO7P. The van der Waals surface area contributed by atoms with Gasteiger partial charge in [-0.1, -0.05) is 0 Å². The third kappa shape index (κ3) is 7.80. The number of aldehydes is 1. The van der Waals surface area contributed by atoms with Crippen molar-refractivity contribution >= 4 is 25.8 Å². The van der Waals surface area contributed by atoms with Gasteiger partial charge in [0.25, 0.3) is 0 Å². The minimum Gasteiger partial charge on any atom is -0.481 e. The van der Waals surface area contributed by atoms with Gasteiger partial charge in [-0.05, 0) is 0 Å². The zero-order valence-electron chi connectivity index (χ0n) is 7.49. The second kappa shape index (κ2) is 5.59. The topological polar surface area (TPSA) is 141 Å². The summed E-state index contributed by atoms with van der Waals surface area (Å²) in [6.45, 7) is 0. The van der Waals surface area contributed by atoms with Gasteiger partial charge < -0.3 is 25.0 Å². The van der Waals surface area contributed by atoms with Crippen molar-refractivity contribution in [2.45, 2.75) is 12.5 Å². The van der Waals surface area contributed by atoms with Gasteiger partial charge >= 0.3 is 13.6 Å². The lowest BCUT2D eigenvalue weighted by molar-refractivity contribution is -0.138. The zero-order valence-corrected chi connectivity index (χ0v) is 8.39. The summed E-state index contributed by atoms with van der Waals surface area (Å²) in [7, 11) is -4.50. The molecular weight excluding hydrogens is 229 g/mol. The largest absolute Gasteiger partial charge is 0.481 e. The van der Waals surface area contributed by atoms with Gasteiger partial charge in [0, 0.05) is 0 Å². The Morgan fingerprint density at radius 3 is 2.27 bits per heavy atom. The molecule has 1 atom stereocenters. The first-order chi connectivity index (χ1) is 6.74. The Hall–Kier alpha value is -1.24. The Bertz CT molecular complexity index is 309. The van der Waals surface area contributed by atoms with Crippen molar-refractivity contribution in [1.82, 2.24) is 5.32 Å². The maximum absolute atomic E-state index is 10.9. The van der Waals surface area contributed by atoms with Crippen LogP contribution in [0, 0.1) is 0 Å². The number of aliphatic carboxylic acids is 1. The van der Waals surface area contributed by atoms with E-state index in [2.05, 4.69) is 0 Å². The summed E-state index contributed by atoms with van der Waals surface area (Å²) in [6, 6.07) is -1.28. The van der Waals surface area contributed by atoms with E-state index >= 15 is 0 Å². The van der Waals surface area contributed by atoms with Crippen molar-refractivity contribution in [3.63, 3.8) is 0 Å². The summed E-state index contributed by atoms with van der Waals surface area (Å²) in [6.07, 6.45) is -1.51. The van der Waals surface area contributed by atoms with E-state index < -0.39 is 38.1 Å². The predicted molar refractivity (Wildman–Crippen MR) is 47.2 cm³/mol. The van der Waals surface area contributed by atoms with Crippen LogP contribution in [0.2, 0.25) is 0 Å². The monoisotopic (exact) mass is 239 g/mol. The number of carboxylic acid groups (broad SMARTS) is 1. The van der Waals surface area contributed by atoms with Gasteiger partial charge in [-0.3, -0.25) is 14.2 Å². The lowest BCUT2D eigenvalue weighted by Gasteiger charge is -2.10. The second-order valence-corrected chi connectivity index (χ2v) is 4.38. The van der Waals surface area contributed by atoms with E-state index in [9.17, 15) is 18.9 Å². The molecule has 4 N–H and O–H groups in total. The van der Waals surface area contributed by atoms with E-state index in [-0.39, 0.29) is 6.29 Å². The Balaban J connectivity index is 4.19. The molecule has 15 heavy (non-hydrogen) atoms. The molecule has 0 aromatic carbocycles. The Morgan fingerprint density at radius 2 is 1.93 bits per heavy atom. The van der Waals surface area contributed by atoms with E-state index in [0.717, 1.165) is 0 Å². The highest BCUT2D eigenvalue weighted by Crippen LogP contribution is 2.33. The smallest absolute Gasteiger partial charge is 0.334 e. The first-order valence-electron chi connectivity index (χ1n) is 3.75. The fraction of sp³-hybridized carbons (Fsp3) is 0.500. The molecule has 0 heterocycles. The number of carbonyl (C=O) groups is 3.